The van der Waals surface area contributed by atoms with Crippen LogP contribution in [0.1, 0.15) is 112 Å². The van der Waals surface area contributed by atoms with Crippen LogP contribution in [0.2, 0.25) is 0 Å². The molecular weight excluding hydrogens is 909 g/mol. The predicted molar refractivity (Wildman–Crippen MR) is 270 cm³/mol. The van der Waals surface area contributed by atoms with Gasteiger partial charge < -0.3 is 23.4 Å². The third kappa shape index (κ3) is 12.0. The molecular formula is C56H60F4O10. The average Bonchev–Trinajstić information content (AvgIpc) is 3.40. The van der Waals surface area contributed by atoms with Crippen molar-refractivity contribution in [3.63, 3.8) is 0 Å². The van der Waals surface area contributed by atoms with Gasteiger partial charge in [-0.05, 0) is 63.1 Å². The Bertz CT molecular complexity index is 3100. The first-order valence-electron chi connectivity index (χ1n) is 23.0. The van der Waals surface area contributed by atoms with Crippen molar-refractivity contribution >= 4 is 41.0 Å². The number of aryl methyl sites for hydroxylation is 2. The maximum absolute atomic E-state index is 15.0. The number of carbonyl (C=O) groups excluding carboxylic acids is 3. The van der Waals surface area contributed by atoms with Crippen LogP contribution in [0, 0.1) is 51.0 Å². The second-order valence-electron chi connectivity index (χ2n) is 13.7. The third-order valence-corrected chi connectivity index (χ3v) is 10.2. The van der Waals surface area contributed by atoms with Gasteiger partial charge in [0.15, 0.2) is 34.8 Å². The van der Waals surface area contributed by atoms with E-state index in [9.17, 15) is 46.6 Å². The molecule has 0 aromatic heterocycles. The number of hydrogen-bond donors (Lipinski definition) is 1. The lowest BCUT2D eigenvalue weighted by Crippen LogP contribution is -2.13. The summed E-state index contributed by atoms with van der Waals surface area (Å²) in [5.74, 6) is -3.94. The Morgan fingerprint density at radius 1 is 0.514 bits per heavy atom. The minimum Gasteiger partial charge on any atom is -0.505 e. The second-order valence-corrected chi connectivity index (χ2v) is 13.7. The lowest BCUT2D eigenvalue weighted by molar-refractivity contribution is -0.134. The summed E-state index contributed by atoms with van der Waals surface area (Å²) in [5, 5.41) is 10.6. The molecule has 10 nitrogen and oxygen atoms in total. The van der Waals surface area contributed by atoms with E-state index in [2.05, 4.69) is 4.74 Å². The summed E-state index contributed by atoms with van der Waals surface area (Å²) in [6.45, 7) is 25.6. The molecule has 0 radical (unpaired) electrons. The number of halogens is 4. The van der Waals surface area contributed by atoms with Gasteiger partial charge in [-0.2, -0.15) is 0 Å². The fourth-order valence-corrected chi connectivity index (χ4v) is 7.12. The SMILES string of the molecule is CC.CC.CC.CC.CC.Cc1c2oc3c(C)c(O)c(F)cc3c(-c3ccc(C=O)cc3)c-2cc(F)c1=O.Cc1c2oc3c(C)c(OCOC=O)c(F)cc3c(-c3ccc(C=O)cc3)c-2cc(F)c1=O. The number of phenolic OH excluding ortho intramolecular Hbond substituents is 1. The molecule has 0 saturated heterocycles. The summed E-state index contributed by atoms with van der Waals surface area (Å²) >= 11 is 0. The molecule has 4 aliphatic rings. The molecule has 70 heavy (non-hydrogen) atoms. The van der Waals surface area contributed by atoms with Gasteiger partial charge in [0.25, 0.3) is 6.47 Å². The minimum absolute atomic E-state index is 0.0585. The van der Waals surface area contributed by atoms with Crippen LogP contribution >= 0.6 is 0 Å². The normalized spacial score (nSPS) is 9.97. The molecule has 0 bridgehead atoms. The highest BCUT2D eigenvalue weighted by molar-refractivity contribution is 6.05. The topological polar surface area (TPSA) is 150 Å². The van der Waals surface area contributed by atoms with E-state index in [1.165, 1.54) is 26.8 Å². The smallest absolute Gasteiger partial charge is 0.295 e. The number of aldehydes is 2. The Hall–Kier alpha value is -7.61. The Morgan fingerprint density at radius 2 is 0.886 bits per heavy atom. The number of benzene rings is 6. The summed E-state index contributed by atoms with van der Waals surface area (Å²) in [4.78, 5) is 56.7. The van der Waals surface area contributed by atoms with Crippen molar-refractivity contribution < 1.29 is 55.4 Å². The van der Waals surface area contributed by atoms with Crippen molar-refractivity contribution in [1.29, 1.82) is 0 Å². The summed E-state index contributed by atoms with van der Waals surface area (Å²) in [7, 11) is 0. The van der Waals surface area contributed by atoms with Crippen molar-refractivity contribution in [1.82, 2.24) is 0 Å². The highest BCUT2D eigenvalue weighted by Crippen LogP contribution is 2.46. The van der Waals surface area contributed by atoms with E-state index >= 15 is 0 Å². The molecule has 2 heterocycles. The van der Waals surface area contributed by atoms with Crippen LogP contribution in [-0.2, 0) is 9.53 Å². The number of hydrogen-bond acceptors (Lipinski definition) is 10. The Kier molecular flexibility index (Phi) is 22.9. The maximum Gasteiger partial charge on any atom is 0.295 e. The van der Waals surface area contributed by atoms with Crippen LogP contribution in [0.25, 0.3) is 66.8 Å². The number of fused-ring (bicyclic) bond motifs is 4. The molecule has 0 fully saturated rings. The van der Waals surface area contributed by atoms with E-state index in [0.717, 1.165) is 18.2 Å². The Morgan fingerprint density at radius 3 is 1.26 bits per heavy atom. The van der Waals surface area contributed by atoms with Gasteiger partial charge in [-0.3, -0.25) is 24.0 Å². The van der Waals surface area contributed by atoms with Gasteiger partial charge in [-0.15, -0.1) is 0 Å². The molecule has 0 spiro atoms. The molecule has 0 atom stereocenters. The molecule has 2 aliphatic carbocycles. The Labute approximate surface area is 405 Å². The van der Waals surface area contributed by atoms with Crippen LogP contribution in [0.3, 0.4) is 0 Å². The van der Waals surface area contributed by atoms with Gasteiger partial charge in [0, 0.05) is 66.4 Å². The lowest BCUT2D eigenvalue weighted by atomic mass is 9.90. The predicted octanol–water partition coefficient (Wildman–Crippen LogP) is 14.9. The number of phenols is 1. The summed E-state index contributed by atoms with van der Waals surface area (Å²) in [6.07, 6.45) is 1.37. The van der Waals surface area contributed by atoms with Crippen molar-refractivity contribution in [2.45, 2.75) is 96.9 Å². The molecule has 0 saturated carbocycles. The largest absolute Gasteiger partial charge is 0.505 e. The van der Waals surface area contributed by atoms with Crippen molar-refractivity contribution in [2.24, 2.45) is 0 Å². The zero-order valence-corrected chi connectivity index (χ0v) is 42.0. The third-order valence-electron chi connectivity index (χ3n) is 10.2. The van der Waals surface area contributed by atoms with E-state index in [0.29, 0.717) is 62.3 Å². The average molecular weight is 969 g/mol. The first-order chi connectivity index (χ1) is 33.7. The van der Waals surface area contributed by atoms with Gasteiger partial charge in [0.2, 0.25) is 17.7 Å². The number of aromatic hydroxyl groups is 1. The summed E-state index contributed by atoms with van der Waals surface area (Å²) in [5.41, 5.74) is 2.84. The van der Waals surface area contributed by atoms with Gasteiger partial charge in [0.1, 0.15) is 35.3 Å². The first kappa shape index (κ1) is 58.5. The maximum atomic E-state index is 15.0. The molecule has 4 aromatic carbocycles. The summed E-state index contributed by atoms with van der Waals surface area (Å²) < 4.78 is 79.4. The molecule has 8 rings (SSSR count). The number of carbonyl (C=O) groups is 3. The van der Waals surface area contributed by atoms with E-state index in [1.54, 1.807) is 55.5 Å². The molecule has 372 valence electrons. The van der Waals surface area contributed by atoms with Gasteiger partial charge in [-0.1, -0.05) is 118 Å². The highest BCUT2D eigenvalue weighted by Gasteiger charge is 2.27. The number of ether oxygens (including phenoxy) is 2. The first-order valence-corrected chi connectivity index (χ1v) is 23.0. The van der Waals surface area contributed by atoms with E-state index in [1.807, 2.05) is 69.2 Å². The highest BCUT2D eigenvalue weighted by atomic mass is 19.1. The fraction of sp³-hybridized carbons (Fsp3) is 0.268. The standard InChI is InChI=1S/C24H16F2O6.C22H14F2O4.5C2H6/c1-12-21(29)18(25)7-16-20(15-5-3-14(9-27)4-6-15)17-8-19(26)24(31-11-30-10-28)13(2)23(17)32-22(12)16;1-10-19(26)16(23)7-14-18(13-5-3-12(9-25)4-6-13)15-8-17(24)20(27)11(2)22(15)28-21(10)14;5*1-2/h3-10H,11H2,1-2H3;3-9,26H,1-2H3;5*1-2H3. The van der Waals surface area contributed by atoms with Crippen LogP contribution in [0.4, 0.5) is 17.6 Å². The van der Waals surface area contributed by atoms with Crippen LogP contribution in [-0.4, -0.2) is 30.9 Å². The zero-order chi connectivity index (χ0) is 53.2. The Balaban J connectivity index is 0.000000410. The van der Waals surface area contributed by atoms with E-state index in [4.69, 9.17) is 13.6 Å². The zero-order valence-electron chi connectivity index (χ0n) is 42.0. The van der Waals surface area contributed by atoms with Crippen molar-refractivity contribution in [3.8, 4) is 56.4 Å². The van der Waals surface area contributed by atoms with Crippen molar-refractivity contribution in [2.75, 3.05) is 6.79 Å². The molecule has 14 heteroatoms. The molecule has 4 aromatic rings. The quantitative estimate of drug-likeness (QED) is 0.0512. The molecule has 0 unspecified atom stereocenters. The number of rotatable bonds is 8. The van der Waals surface area contributed by atoms with Gasteiger partial charge >= 0.3 is 0 Å². The second kappa shape index (κ2) is 27.4. The monoisotopic (exact) mass is 968 g/mol. The molecule has 0 amide bonds. The lowest BCUT2D eigenvalue weighted by Gasteiger charge is -2.19. The van der Waals surface area contributed by atoms with Crippen molar-refractivity contribution in [3.05, 3.63) is 150 Å². The van der Waals surface area contributed by atoms with E-state index < -0.39 is 46.7 Å². The van der Waals surface area contributed by atoms with Crippen LogP contribution in [0.15, 0.2) is 91.2 Å². The molecule has 2 aliphatic heterocycles. The van der Waals surface area contributed by atoms with Crippen LogP contribution in [0.5, 0.6) is 11.5 Å². The van der Waals surface area contributed by atoms with E-state index in [-0.39, 0.29) is 62.7 Å². The summed E-state index contributed by atoms with van der Waals surface area (Å²) in [6, 6.07) is 17.3. The van der Waals surface area contributed by atoms with Gasteiger partial charge in [-0.25, -0.2) is 17.6 Å². The minimum atomic E-state index is -0.960. The fourth-order valence-electron chi connectivity index (χ4n) is 7.12. The van der Waals surface area contributed by atoms with Crippen LogP contribution < -0.4 is 15.6 Å². The van der Waals surface area contributed by atoms with Gasteiger partial charge in [0.05, 0.1) is 0 Å². The molecule has 1 N–H and O–H groups in total.